The Morgan fingerprint density at radius 1 is 0.652 bits per heavy atom. The van der Waals surface area contributed by atoms with Gasteiger partial charge in [0.25, 0.3) is 0 Å². The summed E-state index contributed by atoms with van der Waals surface area (Å²) in [6, 6.07) is 0. The molecule has 0 radical (unpaired) electrons. The van der Waals surface area contributed by atoms with E-state index in [9.17, 15) is 30.6 Å². The van der Waals surface area contributed by atoms with E-state index >= 15 is 0 Å². The third kappa shape index (κ3) is 3.65. The zero-order chi connectivity index (χ0) is 17.3. The third-order valence-electron chi connectivity index (χ3n) is 3.98. The van der Waals surface area contributed by atoms with E-state index in [0.717, 1.165) is 0 Å². The van der Waals surface area contributed by atoms with E-state index < -0.39 is 74.6 Å². The SMILES string of the molecule is OC[C@H]1O[C@@H](O[C@H]2[C@H](O)[C@@H](CO)OC(O)[C@H]2O)[C@H](O)[C@@H](O)[C@H]1O. The molecule has 11 heteroatoms. The lowest BCUT2D eigenvalue weighted by molar-refractivity contribution is -0.355. The molecule has 0 amide bonds. The molecule has 0 aliphatic carbocycles. The number of rotatable bonds is 4. The topological polar surface area (TPSA) is 190 Å². The molecule has 0 aromatic heterocycles. The van der Waals surface area contributed by atoms with Gasteiger partial charge in [0.15, 0.2) is 12.6 Å². The van der Waals surface area contributed by atoms with E-state index in [4.69, 9.17) is 24.4 Å². The first-order valence-corrected chi connectivity index (χ1v) is 7.08. The van der Waals surface area contributed by atoms with Crippen molar-refractivity contribution in [3.63, 3.8) is 0 Å². The van der Waals surface area contributed by atoms with Crippen LogP contribution in [0, 0.1) is 0 Å². The first-order chi connectivity index (χ1) is 10.8. The van der Waals surface area contributed by atoms with Crippen molar-refractivity contribution in [3.05, 3.63) is 0 Å². The number of hydrogen-bond donors (Lipinski definition) is 8. The van der Waals surface area contributed by atoms with Crippen LogP contribution >= 0.6 is 0 Å². The second kappa shape index (κ2) is 7.63. The molecule has 0 aromatic carbocycles. The van der Waals surface area contributed by atoms with Gasteiger partial charge in [0.1, 0.15) is 48.8 Å². The second-order valence-electron chi connectivity index (χ2n) is 5.53. The van der Waals surface area contributed by atoms with Crippen LogP contribution in [0.5, 0.6) is 0 Å². The summed E-state index contributed by atoms with van der Waals surface area (Å²) >= 11 is 0. The fourth-order valence-corrected chi connectivity index (χ4v) is 2.56. The highest BCUT2D eigenvalue weighted by Gasteiger charge is 2.50. The molecule has 0 aromatic rings. The van der Waals surface area contributed by atoms with Crippen molar-refractivity contribution in [2.24, 2.45) is 0 Å². The van der Waals surface area contributed by atoms with Crippen LogP contribution in [-0.2, 0) is 14.2 Å². The Morgan fingerprint density at radius 2 is 1.22 bits per heavy atom. The van der Waals surface area contributed by atoms with Gasteiger partial charge in [0.05, 0.1) is 13.2 Å². The summed E-state index contributed by atoms with van der Waals surface area (Å²) in [7, 11) is 0. The molecule has 2 aliphatic heterocycles. The largest absolute Gasteiger partial charge is 0.394 e. The Morgan fingerprint density at radius 3 is 1.78 bits per heavy atom. The normalized spacial score (nSPS) is 51.7. The number of hydrogen-bond acceptors (Lipinski definition) is 11. The predicted octanol–water partition coefficient (Wildman–Crippen LogP) is -5.40. The van der Waals surface area contributed by atoms with Gasteiger partial charge in [-0.1, -0.05) is 0 Å². The van der Waals surface area contributed by atoms with E-state index in [1.54, 1.807) is 0 Å². The van der Waals surface area contributed by atoms with Gasteiger partial charge in [0.2, 0.25) is 0 Å². The van der Waals surface area contributed by atoms with Crippen molar-refractivity contribution in [3.8, 4) is 0 Å². The van der Waals surface area contributed by atoms with Gasteiger partial charge in [-0.3, -0.25) is 0 Å². The Kier molecular flexibility index (Phi) is 6.27. The molecule has 11 nitrogen and oxygen atoms in total. The average Bonchev–Trinajstić information content (AvgIpc) is 2.54. The summed E-state index contributed by atoms with van der Waals surface area (Å²) in [6.07, 6.45) is -15.7. The van der Waals surface area contributed by atoms with Crippen molar-refractivity contribution in [1.29, 1.82) is 0 Å². The van der Waals surface area contributed by atoms with Gasteiger partial charge in [-0.25, -0.2) is 0 Å². The number of ether oxygens (including phenoxy) is 3. The Bertz CT molecular complexity index is 380. The molecule has 136 valence electrons. The summed E-state index contributed by atoms with van der Waals surface area (Å²) < 4.78 is 15.1. The standard InChI is InChI=1S/C12H22O11/c13-1-3-5(15)7(17)8(18)12(22-3)23-10-6(16)4(2-14)21-11(20)9(10)19/h3-20H,1-2H2/t3-,4-,5+,6-,7+,8-,9+,10+,11?,12+/m1/s1. The first-order valence-electron chi connectivity index (χ1n) is 7.08. The van der Waals surface area contributed by atoms with Gasteiger partial charge < -0.3 is 55.1 Å². The molecule has 2 aliphatic rings. The van der Waals surface area contributed by atoms with Gasteiger partial charge in [-0.05, 0) is 0 Å². The van der Waals surface area contributed by atoms with Gasteiger partial charge in [-0.2, -0.15) is 0 Å². The van der Waals surface area contributed by atoms with E-state index in [1.165, 1.54) is 0 Å². The number of aliphatic hydroxyl groups excluding tert-OH is 8. The summed E-state index contributed by atoms with van der Waals surface area (Å²) in [5.41, 5.74) is 0. The van der Waals surface area contributed by atoms with Crippen molar-refractivity contribution >= 4 is 0 Å². The number of aliphatic hydroxyl groups is 8. The van der Waals surface area contributed by atoms with Crippen LogP contribution in [0.4, 0.5) is 0 Å². The van der Waals surface area contributed by atoms with E-state index in [2.05, 4.69) is 0 Å². The molecule has 0 bridgehead atoms. The minimum Gasteiger partial charge on any atom is -0.394 e. The smallest absolute Gasteiger partial charge is 0.187 e. The molecular formula is C12H22O11. The van der Waals surface area contributed by atoms with Crippen molar-refractivity contribution in [2.75, 3.05) is 13.2 Å². The van der Waals surface area contributed by atoms with Gasteiger partial charge >= 0.3 is 0 Å². The van der Waals surface area contributed by atoms with Crippen molar-refractivity contribution in [1.82, 2.24) is 0 Å². The highest BCUT2D eigenvalue weighted by atomic mass is 16.7. The van der Waals surface area contributed by atoms with Crippen LogP contribution < -0.4 is 0 Å². The predicted molar refractivity (Wildman–Crippen MR) is 68.6 cm³/mol. The molecule has 10 atom stereocenters. The summed E-state index contributed by atoms with van der Waals surface area (Å²) in [4.78, 5) is 0. The fourth-order valence-electron chi connectivity index (χ4n) is 2.56. The van der Waals surface area contributed by atoms with Crippen molar-refractivity contribution < 1.29 is 55.1 Å². The van der Waals surface area contributed by atoms with Gasteiger partial charge in [0, 0.05) is 0 Å². The first kappa shape index (κ1) is 18.9. The zero-order valence-electron chi connectivity index (χ0n) is 12.0. The minimum atomic E-state index is -1.76. The van der Waals surface area contributed by atoms with Crippen LogP contribution in [0.1, 0.15) is 0 Å². The van der Waals surface area contributed by atoms with Crippen LogP contribution in [0.15, 0.2) is 0 Å². The maximum Gasteiger partial charge on any atom is 0.187 e. The summed E-state index contributed by atoms with van der Waals surface area (Å²) in [6.45, 7) is -1.34. The van der Waals surface area contributed by atoms with Crippen LogP contribution in [-0.4, -0.2) is 115 Å². The summed E-state index contributed by atoms with van der Waals surface area (Å²) in [5, 5.41) is 76.8. The molecule has 0 saturated carbocycles. The third-order valence-corrected chi connectivity index (χ3v) is 3.98. The van der Waals surface area contributed by atoms with E-state index in [0.29, 0.717) is 0 Å². The molecule has 2 saturated heterocycles. The molecular weight excluding hydrogens is 320 g/mol. The molecule has 1 unspecified atom stereocenters. The Hall–Kier alpha value is -0.440. The Balaban J connectivity index is 2.11. The molecule has 2 fully saturated rings. The quantitative estimate of drug-likeness (QED) is 0.243. The summed E-state index contributed by atoms with van der Waals surface area (Å²) in [5.74, 6) is 0. The zero-order valence-corrected chi connectivity index (χ0v) is 12.0. The maximum absolute atomic E-state index is 10.00. The second-order valence-corrected chi connectivity index (χ2v) is 5.53. The fraction of sp³-hybridized carbons (Fsp3) is 1.00. The molecule has 2 rings (SSSR count). The molecule has 8 N–H and O–H groups in total. The maximum atomic E-state index is 10.00. The van der Waals surface area contributed by atoms with E-state index in [-0.39, 0.29) is 0 Å². The lowest BCUT2D eigenvalue weighted by Gasteiger charge is -2.45. The molecule has 0 spiro atoms. The molecule has 2 heterocycles. The Labute approximate surface area is 130 Å². The van der Waals surface area contributed by atoms with Gasteiger partial charge in [-0.15, -0.1) is 0 Å². The monoisotopic (exact) mass is 342 g/mol. The lowest BCUT2D eigenvalue weighted by atomic mass is 9.97. The van der Waals surface area contributed by atoms with Crippen LogP contribution in [0.3, 0.4) is 0 Å². The van der Waals surface area contributed by atoms with E-state index in [1.807, 2.05) is 0 Å². The molecule has 23 heavy (non-hydrogen) atoms. The highest BCUT2D eigenvalue weighted by Crippen LogP contribution is 2.28. The van der Waals surface area contributed by atoms with Crippen LogP contribution in [0.2, 0.25) is 0 Å². The van der Waals surface area contributed by atoms with Crippen LogP contribution in [0.25, 0.3) is 0 Å². The average molecular weight is 342 g/mol. The lowest BCUT2D eigenvalue weighted by Crippen LogP contribution is -2.64. The minimum absolute atomic E-state index is 0.667. The van der Waals surface area contributed by atoms with Crippen molar-refractivity contribution in [2.45, 2.75) is 61.4 Å². The highest BCUT2D eigenvalue weighted by molar-refractivity contribution is 4.93.